The van der Waals surface area contributed by atoms with Gasteiger partial charge in [0.15, 0.2) is 5.65 Å². The standard InChI is InChI=1S/C19H19N5O/c1-12-5-4-6-15(9-12)18-13(2)19-21-16(10-17(25)24(19)22-18)14(3)23-8-7-20-11-23/h4-11,14,22H,1-3H3/t14-/m0/s1. The number of imidazole rings is 1. The van der Waals surface area contributed by atoms with E-state index in [4.69, 9.17) is 4.98 Å². The van der Waals surface area contributed by atoms with E-state index in [1.165, 1.54) is 10.1 Å². The lowest BCUT2D eigenvalue weighted by Gasteiger charge is -2.12. The molecular weight excluding hydrogens is 314 g/mol. The van der Waals surface area contributed by atoms with E-state index >= 15 is 0 Å². The molecule has 0 aliphatic carbocycles. The van der Waals surface area contributed by atoms with Gasteiger partial charge in [-0.2, -0.15) is 0 Å². The molecule has 3 heterocycles. The quantitative estimate of drug-likeness (QED) is 0.626. The first-order chi connectivity index (χ1) is 12.0. The summed E-state index contributed by atoms with van der Waals surface area (Å²) in [5.74, 6) is 0. The number of nitrogens with zero attached hydrogens (tertiary/aromatic N) is 4. The van der Waals surface area contributed by atoms with Crippen LogP contribution < -0.4 is 5.56 Å². The summed E-state index contributed by atoms with van der Waals surface area (Å²) in [4.78, 5) is 21.4. The highest BCUT2D eigenvalue weighted by atomic mass is 16.1. The van der Waals surface area contributed by atoms with E-state index in [1.807, 2.05) is 36.7 Å². The smallest absolute Gasteiger partial charge is 0.272 e. The first kappa shape index (κ1) is 15.4. The molecule has 0 aliphatic heterocycles. The number of benzene rings is 1. The lowest BCUT2D eigenvalue weighted by Crippen LogP contribution is -2.18. The fourth-order valence-electron chi connectivity index (χ4n) is 3.11. The molecule has 0 spiro atoms. The average Bonchev–Trinajstić information content (AvgIpc) is 3.23. The fraction of sp³-hybridized carbons (Fsp3) is 0.211. The average molecular weight is 333 g/mol. The predicted molar refractivity (Wildman–Crippen MR) is 96.8 cm³/mol. The molecule has 4 aromatic rings. The van der Waals surface area contributed by atoms with Crippen LogP contribution in [0.5, 0.6) is 0 Å². The van der Waals surface area contributed by atoms with Gasteiger partial charge in [-0.25, -0.2) is 14.5 Å². The molecule has 6 nitrogen and oxygen atoms in total. The van der Waals surface area contributed by atoms with Gasteiger partial charge in [0.25, 0.3) is 5.56 Å². The molecule has 6 heteroatoms. The molecule has 25 heavy (non-hydrogen) atoms. The minimum atomic E-state index is -0.117. The molecule has 1 aromatic carbocycles. The normalized spacial score (nSPS) is 12.6. The fourth-order valence-corrected chi connectivity index (χ4v) is 3.11. The Balaban J connectivity index is 1.89. The zero-order valence-corrected chi connectivity index (χ0v) is 14.4. The summed E-state index contributed by atoms with van der Waals surface area (Å²) in [6, 6.07) is 9.71. The Morgan fingerprint density at radius 2 is 2.04 bits per heavy atom. The van der Waals surface area contributed by atoms with E-state index in [-0.39, 0.29) is 11.6 Å². The minimum absolute atomic E-state index is 0.0584. The van der Waals surface area contributed by atoms with E-state index in [0.29, 0.717) is 5.65 Å². The zero-order valence-electron chi connectivity index (χ0n) is 14.4. The molecule has 1 atom stereocenters. The van der Waals surface area contributed by atoms with Gasteiger partial charge in [-0.3, -0.25) is 9.89 Å². The van der Waals surface area contributed by atoms with Crippen LogP contribution in [0.2, 0.25) is 0 Å². The Bertz CT molecular complexity index is 1100. The molecule has 0 saturated heterocycles. The van der Waals surface area contributed by atoms with Crippen LogP contribution >= 0.6 is 0 Å². The van der Waals surface area contributed by atoms with Crippen LogP contribution in [-0.2, 0) is 0 Å². The van der Waals surface area contributed by atoms with Crippen LogP contribution in [0.25, 0.3) is 16.9 Å². The molecular formula is C19H19N5O. The third-order valence-corrected chi connectivity index (χ3v) is 4.58. The number of nitrogens with one attached hydrogen (secondary N) is 1. The number of H-pyrrole nitrogens is 1. The highest BCUT2D eigenvalue weighted by Gasteiger charge is 2.16. The third-order valence-electron chi connectivity index (χ3n) is 4.58. The molecule has 0 fully saturated rings. The van der Waals surface area contributed by atoms with Gasteiger partial charge >= 0.3 is 0 Å². The summed E-state index contributed by atoms with van der Waals surface area (Å²) >= 11 is 0. The van der Waals surface area contributed by atoms with Crippen LogP contribution in [0.1, 0.15) is 29.8 Å². The van der Waals surface area contributed by atoms with Crippen LogP contribution in [0.4, 0.5) is 0 Å². The minimum Gasteiger partial charge on any atom is -0.329 e. The number of rotatable bonds is 3. The maximum Gasteiger partial charge on any atom is 0.272 e. The Morgan fingerprint density at radius 1 is 1.20 bits per heavy atom. The third kappa shape index (κ3) is 2.55. The Hall–Kier alpha value is -3.15. The molecule has 0 aliphatic rings. The highest BCUT2D eigenvalue weighted by molar-refractivity contribution is 5.70. The van der Waals surface area contributed by atoms with E-state index in [1.54, 1.807) is 18.6 Å². The van der Waals surface area contributed by atoms with Crippen LogP contribution in [0.15, 0.2) is 53.8 Å². The topological polar surface area (TPSA) is 68.0 Å². The van der Waals surface area contributed by atoms with Crippen molar-refractivity contribution in [1.82, 2.24) is 24.1 Å². The molecule has 126 valence electrons. The van der Waals surface area contributed by atoms with Crippen molar-refractivity contribution < 1.29 is 0 Å². The van der Waals surface area contributed by atoms with Crippen molar-refractivity contribution in [1.29, 1.82) is 0 Å². The van der Waals surface area contributed by atoms with Crippen LogP contribution in [0, 0.1) is 13.8 Å². The van der Waals surface area contributed by atoms with Crippen molar-refractivity contribution in [3.63, 3.8) is 0 Å². The second-order valence-corrected chi connectivity index (χ2v) is 6.35. The van der Waals surface area contributed by atoms with Gasteiger partial charge in [-0.05, 0) is 26.8 Å². The molecule has 3 aromatic heterocycles. The number of hydrogen-bond donors (Lipinski definition) is 1. The summed E-state index contributed by atoms with van der Waals surface area (Å²) < 4.78 is 3.44. The first-order valence-electron chi connectivity index (χ1n) is 8.21. The number of hydrogen-bond acceptors (Lipinski definition) is 3. The van der Waals surface area contributed by atoms with Gasteiger partial charge in [0.05, 0.1) is 23.8 Å². The van der Waals surface area contributed by atoms with Gasteiger partial charge < -0.3 is 4.57 Å². The van der Waals surface area contributed by atoms with Crippen molar-refractivity contribution in [3.8, 4) is 11.3 Å². The van der Waals surface area contributed by atoms with Crippen molar-refractivity contribution in [3.05, 3.63) is 76.2 Å². The number of aromatic amines is 1. The monoisotopic (exact) mass is 333 g/mol. The molecule has 0 saturated carbocycles. The van der Waals surface area contributed by atoms with Gasteiger partial charge in [0.1, 0.15) is 0 Å². The SMILES string of the molecule is Cc1cccc(-c2[nH]n3c(=O)cc([C@H](C)n4ccnc4)nc3c2C)c1. The van der Waals surface area contributed by atoms with Gasteiger partial charge in [0.2, 0.25) is 0 Å². The van der Waals surface area contributed by atoms with E-state index < -0.39 is 0 Å². The summed E-state index contributed by atoms with van der Waals surface area (Å²) in [5.41, 5.74) is 5.36. The van der Waals surface area contributed by atoms with Crippen LogP contribution in [-0.4, -0.2) is 24.1 Å². The second kappa shape index (κ2) is 5.73. The van der Waals surface area contributed by atoms with Crippen LogP contribution in [0.3, 0.4) is 0 Å². The Labute approximate surface area is 144 Å². The molecule has 0 radical (unpaired) electrons. The van der Waals surface area contributed by atoms with Gasteiger partial charge in [-0.15, -0.1) is 0 Å². The summed E-state index contributed by atoms with van der Waals surface area (Å²) in [6.07, 6.45) is 5.33. The lowest BCUT2D eigenvalue weighted by molar-refractivity contribution is 0.617. The van der Waals surface area contributed by atoms with Crippen molar-refractivity contribution in [2.45, 2.75) is 26.8 Å². The van der Waals surface area contributed by atoms with E-state index in [2.05, 4.69) is 29.1 Å². The summed E-state index contributed by atoms with van der Waals surface area (Å²) in [6.45, 7) is 6.04. The molecule has 1 N–H and O–H groups in total. The maximum atomic E-state index is 12.6. The Kier molecular flexibility index (Phi) is 3.53. The molecule has 0 amide bonds. The van der Waals surface area contributed by atoms with Gasteiger partial charge in [-0.1, -0.05) is 23.8 Å². The highest BCUT2D eigenvalue weighted by Crippen LogP contribution is 2.25. The molecule has 4 rings (SSSR count). The van der Waals surface area contributed by atoms with E-state index in [0.717, 1.165) is 22.5 Å². The van der Waals surface area contributed by atoms with Crippen molar-refractivity contribution in [2.24, 2.45) is 0 Å². The zero-order chi connectivity index (χ0) is 17.6. The summed E-state index contributed by atoms with van der Waals surface area (Å²) in [7, 11) is 0. The first-order valence-corrected chi connectivity index (χ1v) is 8.21. The number of fused-ring (bicyclic) bond motifs is 1. The summed E-state index contributed by atoms with van der Waals surface area (Å²) in [5, 5.41) is 3.20. The van der Waals surface area contributed by atoms with Crippen molar-refractivity contribution in [2.75, 3.05) is 0 Å². The number of aryl methyl sites for hydroxylation is 2. The largest absolute Gasteiger partial charge is 0.329 e. The predicted octanol–water partition coefficient (Wildman–Crippen LogP) is 3.11. The number of aromatic nitrogens is 5. The van der Waals surface area contributed by atoms with E-state index in [9.17, 15) is 4.79 Å². The molecule has 0 unspecified atom stereocenters. The second-order valence-electron chi connectivity index (χ2n) is 6.35. The Morgan fingerprint density at radius 3 is 2.76 bits per heavy atom. The molecule has 0 bridgehead atoms. The lowest BCUT2D eigenvalue weighted by atomic mass is 10.1. The van der Waals surface area contributed by atoms with Gasteiger partial charge in [0, 0.05) is 29.6 Å². The maximum absolute atomic E-state index is 12.6. The van der Waals surface area contributed by atoms with Crippen molar-refractivity contribution >= 4 is 5.65 Å².